The second-order valence-electron chi connectivity index (χ2n) is 5.65. The van der Waals surface area contributed by atoms with Crippen molar-refractivity contribution in [2.24, 2.45) is 0 Å². The van der Waals surface area contributed by atoms with Crippen LogP contribution in [0.25, 0.3) is 28.3 Å². The lowest BCUT2D eigenvalue weighted by molar-refractivity contribution is 0.430. The Balaban J connectivity index is 2.13. The molecule has 0 spiro atoms. The third-order valence-corrected chi connectivity index (χ3v) is 4.41. The number of aromatic amines is 1. The average molecular weight is 374 g/mol. The molecule has 3 heterocycles. The summed E-state index contributed by atoms with van der Waals surface area (Å²) in [5.74, 6) is 0.997. The molecule has 0 aliphatic heterocycles. The van der Waals surface area contributed by atoms with Crippen LogP contribution in [0.2, 0.25) is 0 Å². The number of allylic oxidation sites excluding steroid dienone is 3. The highest BCUT2D eigenvalue weighted by atomic mass is 35.5. The van der Waals surface area contributed by atoms with E-state index in [0.717, 1.165) is 16.8 Å². The zero-order chi connectivity index (χ0) is 18.5. The van der Waals surface area contributed by atoms with E-state index in [4.69, 9.17) is 16.1 Å². The summed E-state index contributed by atoms with van der Waals surface area (Å²) in [6.45, 7) is 3.73. The number of hydrogen-bond donors (Lipinski definition) is 1. The van der Waals surface area contributed by atoms with Gasteiger partial charge < -0.3 is 4.52 Å². The largest absolute Gasteiger partial charge is 0.355 e. The van der Waals surface area contributed by atoms with Crippen molar-refractivity contribution in [3.8, 4) is 22.7 Å². The van der Waals surface area contributed by atoms with E-state index in [1.165, 1.54) is 6.08 Å². The van der Waals surface area contributed by atoms with Crippen LogP contribution in [0.5, 0.6) is 0 Å². The molecule has 1 N–H and O–H groups in total. The summed E-state index contributed by atoms with van der Waals surface area (Å²) in [6.07, 6.45) is 7.89. The molecule has 6 nitrogen and oxygen atoms in total. The van der Waals surface area contributed by atoms with Crippen molar-refractivity contribution in [3.05, 3.63) is 53.5 Å². The van der Waals surface area contributed by atoms with Crippen LogP contribution in [0, 0.1) is 6.92 Å². The van der Waals surface area contributed by atoms with E-state index >= 15 is 0 Å². The molecule has 0 saturated carbocycles. The van der Waals surface area contributed by atoms with Gasteiger partial charge in [-0.25, -0.2) is 14.4 Å². The highest BCUT2D eigenvalue weighted by Crippen LogP contribution is 2.38. The molecule has 0 aliphatic rings. The summed E-state index contributed by atoms with van der Waals surface area (Å²) in [5, 5.41) is 11.7. The first kappa shape index (κ1) is 18.0. The molecule has 3 aromatic rings. The van der Waals surface area contributed by atoms with Crippen molar-refractivity contribution in [1.29, 1.82) is 0 Å². The van der Waals surface area contributed by atoms with Crippen LogP contribution in [-0.2, 0) is 0 Å². The number of nitrogens with one attached hydrogen (secondary N) is 1. The van der Waals surface area contributed by atoms with Gasteiger partial charge in [0.25, 0.3) is 0 Å². The number of aryl methyl sites for hydroxylation is 1. The predicted molar refractivity (Wildman–Crippen MR) is 97.8 cm³/mol. The lowest BCUT2D eigenvalue weighted by Crippen LogP contribution is -1.93. The van der Waals surface area contributed by atoms with Gasteiger partial charge in [-0.2, -0.15) is 5.10 Å². The number of aromatic nitrogens is 5. The molecule has 3 aromatic heterocycles. The zero-order valence-corrected chi connectivity index (χ0v) is 15.1. The van der Waals surface area contributed by atoms with Crippen LogP contribution in [0.4, 0.5) is 4.39 Å². The third kappa shape index (κ3) is 3.57. The molecule has 26 heavy (non-hydrogen) atoms. The van der Waals surface area contributed by atoms with E-state index in [2.05, 4.69) is 25.3 Å². The van der Waals surface area contributed by atoms with Gasteiger partial charge in [0.15, 0.2) is 11.6 Å². The Morgan fingerprint density at radius 2 is 2.12 bits per heavy atom. The summed E-state index contributed by atoms with van der Waals surface area (Å²) in [5.41, 5.74) is 3.55. The molecule has 134 valence electrons. The Morgan fingerprint density at radius 3 is 2.77 bits per heavy atom. The molecule has 0 amide bonds. The number of halogens is 2. The van der Waals surface area contributed by atoms with Crippen LogP contribution in [0.15, 0.2) is 46.6 Å². The number of rotatable bonds is 6. The average Bonchev–Trinajstić information content (AvgIpc) is 3.27. The Labute approximate surface area is 154 Å². The molecule has 0 atom stereocenters. The molecular formula is C18H17ClFN5O. The number of nitrogens with zero attached hydrogens (tertiary/aromatic N) is 4. The Kier molecular flexibility index (Phi) is 5.58. The third-order valence-electron chi connectivity index (χ3n) is 3.94. The monoisotopic (exact) mass is 373 g/mol. The van der Waals surface area contributed by atoms with E-state index in [9.17, 15) is 4.39 Å². The van der Waals surface area contributed by atoms with Crippen molar-refractivity contribution in [2.45, 2.75) is 26.7 Å². The smallest absolute Gasteiger partial charge is 0.181 e. The van der Waals surface area contributed by atoms with Gasteiger partial charge >= 0.3 is 0 Å². The van der Waals surface area contributed by atoms with E-state index in [1.54, 1.807) is 24.7 Å². The normalized spacial score (nSPS) is 12.6. The summed E-state index contributed by atoms with van der Waals surface area (Å²) in [6, 6.07) is 1.73. The minimum absolute atomic E-state index is 0.479. The Morgan fingerprint density at radius 1 is 1.35 bits per heavy atom. The molecule has 0 unspecified atom stereocenters. The highest BCUT2D eigenvalue weighted by molar-refractivity contribution is 6.32. The SMILES string of the molecule is C/C(=C(/Cl)CCC=CF)c1noc(-c2cn[nH]c2C)c1-c1ncccn1. The second kappa shape index (κ2) is 8.05. The summed E-state index contributed by atoms with van der Waals surface area (Å²) in [7, 11) is 0. The topological polar surface area (TPSA) is 80.5 Å². The first-order valence-electron chi connectivity index (χ1n) is 8.01. The van der Waals surface area contributed by atoms with Gasteiger partial charge in [-0.1, -0.05) is 22.8 Å². The van der Waals surface area contributed by atoms with Gasteiger partial charge in [0.1, 0.15) is 5.69 Å². The Hall–Kier alpha value is -2.80. The molecule has 3 rings (SSSR count). The fourth-order valence-corrected chi connectivity index (χ4v) is 2.73. The van der Waals surface area contributed by atoms with Crippen molar-refractivity contribution >= 4 is 17.2 Å². The fraction of sp³-hybridized carbons (Fsp3) is 0.222. The van der Waals surface area contributed by atoms with E-state index in [1.807, 2.05) is 13.8 Å². The standard InChI is InChI=1S/C18H17ClFN5O/c1-11(14(19)6-3-4-7-20)16-15(18-21-8-5-9-22-18)17(26-25-16)13-10-23-24-12(13)2/h4-5,7-10H,3,6H2,1-2H3,(H,23,24)/b7-4?,14-11-. The molecule has 0 saturated heterocycles. The zero-order valence-electron chi connectivity index (χ0n) is 14.3. The van der Waals surface area contributed by atoms with E-state index in [-0.39, 0.29) is 0 Å². The predicted octanol–water partition coefficient (Wildman–Crippen LogP) is 5.06. The molecule has 0 aliphatic carbocycles. The Bertz CT molecular complexity index is 946. The molecule has 0 aromatic carbocycles. The van der Waals surface area contributed by atoms with Crippen molar-refractivity contribution in [2.75, 3.05) is 0 Å². The minimum atomic E-state index is 0.479. The second-order valence-corrected chi connectivity index (χ2v) is 6.10. The van der Waals surface area contributed by atoms with Crippen molar-refractivity contribution < 1.29 is 8.91 Å². The molecular weight excluding hydrogens is 357 g/mol. The first-order valence-corrected chi connectivity index (χ1v) is 8.39. The van der Waals surface area contributed by atoms with Gasteiger partial charge in [0.2, 0.25) is 0 Å². The summed E-state index contributed by atoms with van der Waals surface area (Å²) in [4.78, 5) is 8.66. The summed E-state index contributed by atoms with van der Waals surface area (Å²) < 4.78 is 17.8. The quantitative estimate of drug-likeness (QED) is 0.652. The number of hydrogen-bond acceptors (Lipinski definition) is 5. The molecule has 0 bridgehead atoms. The van der Waals surface area contributed by atoms with Crippen molar-refractivity contribution in [3.63, 3.8) is 0 Å². The van der Waals surface area contributed by atoms with Gasteiger partial charge in [0, 0.05) is 23.1 Å². The first-order chi connectivity index (χ1) is 12.6. The minimum Gasteiger partial charge on any atom is -0.355 e. The van der Waals surface area contributed by atoms with Crippen LogP contribution in [0.1, 0.15) is 31.2 Å². The maximum atomic E-state index is 12.2. The lowest BCUT2D eigenvalue weighted by atomic mass is 10.0. The number of H-pyrrole nitrogens is 1. The van der Waals surface area contributed by atoms with Crippen LogP contribution in [0.3, 0.4) is 0 Å². The molecule has 8 heteroatoms. The van der Waals surface area contributed by atoms with E-state index in [0.29, 0.717) is 47.0 Å². The summed E-state index contributed by atoms with van der Waals surface area (Å²) >= 11 is 6.41. The lowest BCUT2D eigenvalue weighted by Gasteiger charge is -2.05. The maximum absolute atomic E-state index is 12.2. The van der Waals surface area contributed by atoms with Gasteiger partial charge in [-0.3, -0.25) is 5.10 Å². The van der Waals surface area contributed by atoms with Gasteiger partial charge in [-0.15, -0.1) is 0 Å². The van der Waals surface area contributed by atoms with Crippen molar-refractivity contribution in [1.82, 2.24) is 25.3 Å². The van der Waals surface area contributed by atoms with Gasteiger partial charge in [-0.05, 0) is 38.3 Å². The van der Waals surface area contributed by atoms with E-state index < -0.39 is 0 Å². The molecule has 0 fully saturated rings. The molecule has 0 radical (unpaired) electrons. The fourth-order valence-electron chi connectivity index (χ4n) is 2.53. The van der Waals surface area contributed by atoms with Gasteiger partial charge in [0.05, 0.1) is 23.7 Å². The highest BCUT2D eigenvalue weighted by Gasteiger charge is 2.25. The van der Waals surface area contributed by atoms with Crippen LogP contribution >= 0.6 is 11.6 Å². The van der Waals surface area contributed by atoms with Crippen LogP contribution in [-0.4, -0.2) is 25.3 Å². The maximum Gasteiger partial charge on any atom is 0.181 e. The van der Waals surface area contributed by atoms with Crippen LogP contribution < -0.4 is 0 Å².